The molecule has 0 saturated heterocycles. The standard InChI is InChI=1S/C35H50O5Si2/c1-34(2,3)41(10,11)39-31-24-28(26-17-15-14-16-18-26)23-27(32(31)40-42(12,13)35(4,5)6)20-19-25-21-29(36-7)33(38-9)30(22-25)37-8/h14-24H,1-13H3. The molecule has 0 fully saturated rings. The summed E-state index contributed by atoms with van der Waals surface area (Å²) >= 11 is 0. The van der Waals surface area contributed by atoms with Gasteiger partial charge in [-0.3, -0.25) is 0 Å². The van der Waals surface area contributed by atoms with Crippen LogP contribution in [0.5, 0.6) is 28.7 Å². The molecule has 0 bridgehead atoms. The molecule has 0 radical (unpaired) electrons. The Morgan fingerprint density at radius 3 is 1.55 bits per heavy atom. The first-order valence-electron chi connectivity index (χ1n) is 14.5. The number of hydrogen-bond acceptors (Lipinski definition) is 5. The Bertz CT molecular complexity index is 1370. The molecule has 0 atom stereocenters. The highest BCUT2D eigenvalue weighted by molar-refractivity contribution is 6.75. The van der Waals surface area contributed by atoms with Crippen molar-refractivity contribution in [2.75, 3.05) is 21.3 Å². The topological polar surface area (TPSA) is 46.2 Å². The van der Waals surface area contributed by atoms with E-state index in [1.807, 2.05) is 18.2 Å². The van der Waals surface area contributed by atoms with Gasteiger partial charge < -0.3 is 23.1 Å². The fourth-order valence-corrected chi connectivity index (χ4v) is 5.99. The zero-order chi connectivity index (χ0) is 31.5. The molecule has 3 rings (SSSR count). The Morgan fingerprint density at radius 2 is 1.07 bits per heavy atom. The van der Waals surface area contributed by atoms with E-state index in [0.29, 0.717) is 17.2 Å². The van der Waals surface area contributed by atoms with Crippen molar-refractivity contribution in [3.63, 3.8) is 0 Å². The minimum Gasteiger partial charge on any atom is -0.541 e. The molecule has 0 aliphatic rings. The van der Waals surface area contributed by atoms with Gasteiger partial charge in [0.05, 0.1) is 21.3 Å². The van der Waals surface area contributed by atoms with Crippen molar-refractivity contribution in [3.05, 3.63) is 65.7 Å². The van der Waals surface area contributed by atoms with Gasteiger partial charge in [0.25, 0.3) is 16.6 Å². The van der Waals surface area contributed by atoms with Gasteiger partial charge in [-0.1, -0.05) is 84.0 Å². The highest BCUT2D eigenvalue weighted by Gasteiger charge is 2.42. The SMILES string of the molecule is COc1cc(C=Cc2cc(-c3ccccc3)cc(O[Si](C)(C)C(C)(C)C)c2O[Si](C)(C)C(C)(C)C)cc(OC)c1OC. The van der Waals surface area contributed by atoms with Crippen molar-refractivity contribution in [3.8, 4) is 39.9 Å². The number of rotatable bonds is 10. The molecule has 0 aliphatic carbocycles. The van der Waals surface area contributed by atoms with Crippen LogP contribution >= 0.6 is 0 Å². The number of ether oxygens (including phenoxy) is 3. The normalized spacial score (nSPS) is 12.8. The van der Waals surface area contributed by atoms with Gasteiger partial charge in [-0.05, 0) is 77.2 Å². The van der Waals surface area contributed by atoms with E-state index < -0.39 is 16.6 Å². The van der Waals surface area contributed by atoms with Gasteiger partial charge in [0.2, 0.25) is 5.75 Å². The summed E-state index contributed by atoms with van der Waals surface area (Å²) in [6.45, 7) is 22.7. The average molecular weight is 607 g/mol. The van der Waals surface area contributed by atoms with Crippen molar-refractivity contribution < 1.29 is 23.1 Å². The zero-order valence-electron chi connectivity index (χ0n) is 27.9. The van der Waals surface area contributed by atoms with Crippen LogP contribution in [0.4, 0.5) is 0 Å². The van der Waals surface area contributed by atoms with Gasteiger partial charge in [-0.25, -0.2) is 0 Å². The van der Waals surface area contributed by atoms with E-state index in [2.05, 4.69) is 116 Å². The predicted octanol–water partition coefficient (Wildman–Crippen LogP) is 10.3. The number of hydrogen-bond donors (Lipinski definition) is 0. The third-order valence-corrected chi connectivity index (χ3v) is 17.3. The predicted molar refractivity (Wildman–Crippen MR) is 183 cm³/mol. The van der Waals surface area contributed by atoms with Gasteiger partial charge >= 0.3 is 0 Å². The molecule has 0 saturated carbocycles. The largest absolute Gasteiger partial charge is 0.541 e. The lowest BCUT2D eigenvalue weighted by Gasteiger charge is -2.40. The van der Waals surface area contributed by atoms with E-state index in [-0.39, 0.29) is 10.1 Å². The van der Waals surface area contributed by atoms with Gasteiger partial charge in [-0.2, -0.15) is 0 Å². The summed E-state index contributed by atoms with van der Waals surface area (Å²) in [6, 6.07) is 18.7. The Kier molecular flexibility index (Phi) is 10.00. The first-order valence-corrected chi connectivity index (χ1v) is 20.4. The number of benzene rings is 3. The highest BCUT2D eigenvalue weighted by atomic mass is 28.4. The van der Waals surface area contributed by atoms with Crippen LogP contribution in [-0.4, -0.2) is 38.0 Å². The van der Waals surface area contributed by atoms with Crippen LogP contribution in [0.15, 0.2) is 54.6 Å². The van der Waals surface area contributed by atoms with Crippen LogP contribution in [-0.2, 0) is 0 Å². The first kappa shape index (κ1) is 33.3. The third kappa shape index (κ3) is 7.42. The second kappa shape index (κ2) is 12.6. The molecular formula is C35H50O5Si2. The Labute approximate surface area is 256 Å². The Morgan fingerprint density at radius 1 is 0.548 bits per heavy atom. The second-order valence-electron chi connectivity index (χ2n) is 13.8. The first-order chi connectivity index (χ1) is 19.4. The fourth-order valence-electron chi connectivity index (χ4n) is 3.95. The summed E-state index contributed by atoms with van der Waals surface area (Å²) in [5.41, 5.74) is 4.08. The van der Waals surface area contributed by atoms with Gasteiger partial charge in [0.15, 0.2) is 17.2 Å². The summed E-state index contributed by atoms with van der Waals surface area (Å²) in [5.74, 6) is 3.38. The van der Waals surface area contributed by atoms with Crippen molar-refractivity contribution in [2.45, 2.75) is 77.8 Å². The molecule has 228 valence electrons. The molecule has 0 heterocycles. The molecule has 3 aromatic carbocycles. The lowest BCUT2D eigenvalue weighted by molar-refractivity contribution is 0.324. The molecule has 3 aromatic rings. The maximum atomic E-state index is 7.11. The van der Waals surface area contributed by atoms with Crippen molar-refractivity contribution >= 4 is 28.8 Å². The summed E-state index contributed by atoms with van der Waals surface area (Å²) in [6.07, 6.45) is 4.16. The van der Waals surface area contributed by atoms with E-state index in [0.717, 1.165) is 33.8 Å². The van der Waals surface area contributed by atoms with Crippen LogP contribution in [0.1, 0.15) is 52.7 Å². The molecule has 0 amide bonds. The van der Waals surface area contributed by atoms with Gasteiger partial charge in [0, 0.05) is 5.56 Å². The zero-order valence-corrected chi connectivity index (χ0v) is 29.9. The summed E-state index contributed by atoms with van der Waals surface area (Å²) in [5, 5.41) is 0.0350. The van der Waals surface area contributed by atoms with E-state index in [4.69, 9.17) is 23.1 Å². The molecule has 0 spiro atoms. The average Bonchev–Trinajstić information content (AvgIpc) is 2.91. The minimum atomic E-state index is -2.23. The van der Waals surface area contributed by atoms with Crippen molar-refractivity contribution in [2.24, 2.45) is 0 Å². The second-order valence-corrected chi connectivity index (χ2v) is 23.2. The highest BCUT2D eigenvalue weighted by Crippen LogP contribution is 2.47. The summed E-state index contributed by atoms with van der Waals surface area (Å²) < 4.78 is 30.9. The number of methoxy groups -OCH3 is 3. The van der Waals surface area contributed by atoms with Gasteiger partial charge in [0.1, 0.15) is 5.75 Å². The third-order valence-electron chi connectivity index (χ3n) is 8.67. The van der Waals surface area contributed by atoms with Crippen molar-refractivity contribution in [1.29, 1.82) is 0 Å². The monoisotopic (exact) mass is 606 g/mol. The summed E-state index contributed by atoms with van der Waals surface area (Å²) in [7, 11) is 0.433. The quantitative estimate of drug-likeness (QED) is 0.170. The molecule has 0 N–H and O–H groups in total. The lowest BCUT2D eigenvalue weighted by Crippen LogP contribution is -2.46. The summed E-state index contributed by atoms with van der Waals surface area (Å²) in [4.78, 5) is 0. The van der Waals surface area contributed by atoms with Crippen LogP contribution < -0.4 is 23.1 Å². The molecule has 0 aromatic heterocycles. The van der Waals surface area contributed by atoms with E-state index >= 15 is 0 Å². The fraction of sp³-hybridized carbons (Fsp3) is 0.429. The van der Waals surface area contributed by atoms with E-state index in [1.165, 1.54) is 0 Å². The van der Waals surface area contributed by atoms with E-state index in [9.17, 15) is 0 Å². The van der Waals surface area contributed by atoms with Gasteiger partial charge in [-0.15, -0.1) is 0 Å². The van der Waals surface area contributed by atoms with Crippen LogP contribution in [0.2, 0.25) is 36.3 Å². The maximum absolute atomic E-state index is 7.11. The molecule has 5 nitrogen and oxygen atoms in total. The molecule has 0 aliphatic heterocycles. The minimum absolute atomic E-state index is 0.0110. The van der Waals surface area contributed by atoms with Crippen LogP contribution in [0, 0.1) is 0 Å². The maximum Gasteiger partial charge on any atom is 0.250 e. The van der Waals surface area contributed by atoms with Crippen molar-refractivity contribution in [1.82, 2.24) is 0 Å². The van der Waals surface area contributed by atoms with E-state index in [1.54, 1.807) is 21.3 Å². The lowest BCUT2D eigenvalue weighted by atomic mass is 10.0. The Hall–Kier alpha value is -3.17. The van der Waals surface area contributed by atoms with Crippen LogP contribution in [0.25, 0.3) is 23.3 Å². The van der Waals surface area contributed by atoms with Crippen LogP contribution in [0.3, 0.4) is 0 Å². The molecular weight excluding hydrogens is 557 g/mol. The molecule has 42 heavy (non-hydrogen) atoms. The smallest absolute Gasteiger partial charge is 0.250 e. The Balaban J connectivity index is 2.32. The molecule has 0 unspecified atom stereocenters. The molecule has 7 heteroatoms.